The summed E-state index contributed by atoms with van der Waals surface area (Å²) >= 11 is 1.68. The fourth-order valence-electron chi connectivity index (χ4n) is 1.27. The van der Waals surface area contributed by atoms with Gasteiger partial charge in [0.1, 0.15) is 5.69 Å². The molecule has 0 atom stereocenters. The lowest BCUT2D eigenvalue weighted by molar-refractivity contribution is 0.0690. The van der Waals surface area contributed by atoms with Gasteiger partial charge < -0.3 is 15.7 Å². The van der Waals surface area contributed by atoms with Gasteiger partial charge in [-0.15, -0.1) is 0 Å². The van der Waals surface area contributed by atoms with Crippen molar-refractivity contribution in [3.63, 3.8) is 0 Å². The molecule has 20 heavy (non-hydrogen) atoms. The molecule has 0 saturated heterocycles. The van der Waals surface area contributed by atoms with Crippen LogP contribution in [0, 0.1) is 0 Å². The van der Waals surface area contributed by atoms with Crippen molar-refractivity contribution in [2.75, 3.05) is 12.8 Å². The van der Waals surface area contributed by atoms with Crippen molar-refractivity contribution in [3.05, 3.63) is 29.6 Å². The van der Waals surface area contributed by atoms with Crippen molar-refractivity contribution in [1.82, 2.24) is 15.6 Å². The summed E-state index contributed by atoms with van der Waals surface area (Å²) in [7, 11) is 0. The molecule has 3 N–H and O–H groups in total. The maximum absolute atomic E-state index is 11.6. The third-order valence-electron chi connectivity index (χ3n) is 2.72. The Kier molecular flexibility index (Phi) is 5.82. The fourth-order valence-corrected chi connectivity index (χ4v) is 1.48. The Hall–Kier alpha value is -1.76. The second kappa shape index (κ2) is 7.14. The normalized spacial score (nSPS) is 10.9. The van der Waals surface area contributed by atoms with E-state index in [0.29, 0.717) is 13.1 Å². The van der Waals surface area contributed by atoms with Crippen LogP contribution in [0.4, 0.5) is 4.79 Å². The van der Waals surface area contributed by atoms with Crippen LogP contribution in [0.3, 0.4) is 0 Å². The Labute approximate surface area is 122 Å². The van der Waals surface area contributed by atoms with E-state index in [-0.39, 0.29) is 16.5 Å². The zero-order valence-electron chi connectivity index (χ0n) is 11.8. The summed E-state index contributed by atoms with van der Waals surface area (Å²) in [5.41, 5.74) is 0.731. The zero-order chi connectivity index (χ0) is 15.2. The number of nitrogens with zero attached hydrogens (tertiary/aromatic N) is 1. The van der Waals surface area contributed by atoms with Gasteiger partial charge in [0.2, 0.25) is 0 Å². The number of carbonyl (C=O) groups is 2. The summed E-state index contributed by atoms with van der Waals surface area (Å²) in [5.74, 6) is -1.07. The van der Waals surface area contributed by atoms with Crippen molar-refractivity contribution in [2.24, 2.45) is 0 Å². The quantitative estimate of drug-likeness (QED) is 0.743. The monoisotopic (exact) mass is 297 g/mol. The van der Waals surface area contributed by atoms with Crippen LogP contribution in [0.25, 0.3) is 0 Å². The number of hydrogen-bond donors (Lipinski definition) is 3. The number of nitrogens with one attached hydrogen (secondary N) is 2. The van der Waals surface area contributed by atoms with E-state index in [1.165, 1.54) is 12.3 Å². The van der Waals surface area contributed by atoms with Crippen molar-refractivity contribution in [2.45, 2.75) is 25.1 Å². The first kappa shape index (κ1) is 16.3. The van der Waals surface area contributed by atoms with Crippen LogP contribution in [-0.2, 0) is 6.54 Å². The fraction of sp³-hybridized carbons (Fsp3) is 0.462. The number of carbonyl (C=O) groups excluding carboxylic acids is 1. The van der Waals surface area contributed by atoms with Crippen molar-refractivity contribution in [1.29, 1.82) is 0 Å². The molecule has 0 fully saturated rings. The van der Waals surface area contributed by atoms with E-state index < -0.39 is 5.97 Å². The summed E-state index contributed by atoms with van der Waals surface area (Å²) in [6.07, 6.45) is 3.44. The van der Waals surface area contributed by atoms with Gasteiger partial charge in [0.15, 0.2) is 0 Å². The number of hydrogen-bond acceptors (Lipinski definition) is 4. The first-order valence-electron chi connectivity index (χ1n) is 6.09. The van der Waals surface area contributed by atoms with Crippen LogP contribution in [0.15, 0.2) is 18.3 Å². The van der Waals surface area contributed by atoms with Crippen LogP contribution < -0.4 is 10.6 Å². The summed E-state index contributed by atoms with van der Waals surface area (Å²) in [6.45, 7) is 4.97. The van der Waals surface area contributed by atoms with Gasteiger partial charge in [0.25, 0.3) is 0 Å². The Morgan fingerprint density at radius 2 is 2.05 bits per heavy atom. The van der Waals surface area contributed by atoms with Crippen molar-refractivity contribution in [3.8, 4) is 0 Å². The average molecular weight is 297 g/mol. The van der Waals surface area contributed by atoms with Gasteiger partial charge in [-0.1, -0.05) is 6.07 Å². The lowest BCUT2D eigenvalue weighted by atomic mass is 10.2. The van der Waals surface area contributed by atoms with Crippen molar-refractivity contribution >= 4 is 23.8 Å². The topological polar surface area (TPSA) is 91.3 Å². The molecule has 0 aliphatic rings. The number of aromatic nitrogens is 1. The smallest absolute Gasteiger partial charge is 0.354 e. The zero-order valence-corrected chi connectivity index (χ0v) is 12.6. The molecule has 0 aliphatic carbocycles. The molecular formula is C13H19N3O3S. The molecule has 0 bridgehead atoms. The highest BCUT2D eigenvalue weighted by molar-refractivity contribution is 7.99. The first-order valence-corrected chi connectivity index (χ1v) is 7.31. The van der Waals surface area contributed by atoms with E-state index in [1.54, 1.807) is 17.8 Å². The van der Waals surface area contributed by atoms with Crippen molar-refractivity contribution < 1.29 is 14.7 Å². The predicted molar refractivity (Wildman–Crippen MR) is 79.0 cm³/mol. The predicted octanol–water partition coefficient (Wildman–Crippen LogP) is 1.72. The third kappa shape index (κ3) is 5.48. The van der Waals surface area contributed by atoms with Gasteiger partial charge in [-0.05, 0) is 31.7 Å². The summed E-state index contributed by atoms with van der Waals surface area (Å²) in [5, 5.41) is 14.2. The van der Waals surface area contributed by atoms with Crippen LogP contribution in [0.5, 0.6) is 0 Å². The Morgan fingerprint density at radius 1 is 1.35 bits per heavy atom. The second-order valence-corrected chi connectivity index (χ2v) is 6.37. The number of pyridine rings is 1. The number of thioether (sulfide) groups is 1. The van der Waals surface area contributed by atoms with Crippen LogP contribution in [-0.4, -0.2) is 39.6 Å². The molecule has 110 valence electrons. The molecule has 6 nitrogen and oxygen atoms in total. The average Bonchev–Trinajstić information content (AvgIpc) is 2.43. The van der Waals surface area contributed by atoms with E-state index in [2.05, 4.69) is 15.6 Å². The number of amides is 2. The molecule has 0 unspecified atom stereocenters. The molecule has 1 rings (SSSR count). The summed E-state index contributed by atoms with van der Waals surface area (Å²) < 4.78 is -0.0119. The highest BCUT2D eigenvalue weighted by Gasteiger charge is 2.16. The Balaban J connectivity index is 2.39. The number of rotatable bonds is 6. The number of aromatic carboxylic acids is 1. The number of carboxylic acids is 1. The molecule has 7 heteroatoms. The molecular weight excluding hydrogens is 278 g/mol. The summed E-state index contributed by atoms with van der Waals surface area (Å²) in [6, 6.07) is 2.78. The minimum atomic E-state index is -1.07. The maximum atomic E-state index is 11.6. The molecule has 0 radical (unpaired) electrons. The van der Waals surface area contributed by atoms with E-state index in [4.69, 9.17) is 5.11 Å². The summed E-state index contributed by atoms with van der Waals surface area (Å²) in [4.78, 5) is 26.0. The maximum Gasteiger partial charge on any atom is 0.354 e. The Bertz CT molecular complexity index is 474. The van der Waals surface area contributed by atoms with E-state index in [1.807, 2.05) is 20.1 Å². The molecule has 2 amide bonds. The molecule has 1 aromatic rings. The number of carboxylic acid groups (broad SMARTS) is 1. The van der Waals surface area contributed by atoms with Crippen LogP contribution in [0.1, 0.15) is 29.9 Å². The van der Waals surface area contributed by atoms with Gasteiger partial charge in [-0.25, -0.2) is 14.6 Å². The van der Waals surface area contributed by atoms with Crippen LogP contribution >= 0.6 is 11.8 Å². The largest absolute Gasteiger partial charge is 0.477 e. The highest BCUT2D eigenvalue weighted by atomic mass is 32.2. The van der Waals surface area contributed by atoms with E-state index >= 15 is 0 Å². The lowest BCUT2D eigenvalue weighted by Crippen LogP contribution is -2.41. The minimum Gasteiger partial charge on any atom is -0.477 e. The van der Waals surface area contributed by atoms with E-state index in [0.717, 1.165) is 5.56 Å². The first-order chi connectivity index (χ1) is 9.34. The standard InChI is InChI=1S/C13H19N3O3S/c1-13(2,20-3)8-16-12(19)15-7-9-4-5-10(11(17)18)14-6-9/h4-6H,7-8H2,1-3H3,(H,17,18)(H2,15,16,19). The molecule has 0 aliphatic heterocycles. The van der Waals surface area contributed by atoms with E-state index in [9.17, 15) is 9.59 Å². The highest BCUT2D eigenvalue weighted by Crippen LogP contribution is 2.19. The molecule has 0 saturated carbocycles. The van der Waals surface area contributed by atoms with Gasteiger partial charge in [-0.2, -0.15) is 11.8 Å². The third-order valence-corrected chi connectivity index (χ3v) is 3.97. The van der Waals surface area contributed by atoms with Crippen LogP contribution in [0.2, 0.25) is 0 Å². The molecule has 0 aromatic carbocycles. The van der Waals surface area contributed by atoms with Gasteiger partial charge in [0, 0.05) is 24.0 Å². The SMILES string of the molecule is CSC(C)(C)CNC(=O)NCc1ccc(C(=O)O)nc1. The Morgan fingerprint density at radius 3 is 2.55 bits per heavy atom. The molecule has 1 aromatic heterocycles. The van der Waals surface area contributed by atoms with Gasteiger partial charge in [0.05, 0.1) is 0 Å². The lowest BCUT2D eigenvalue weighted by Gasteiger charge is -2.22. The second-order valence-electron chi connectivity index (χ2n) is 4.86. The minimum absolute atomic E-state index is 0.0119. The van der Waals surface area contributed by atoms with Gasteiger partial charge in [-0.3, -0.25) is 0 Å². The number of urea groups is 1. The molecule has 0 spiro atoms. The van der Waals surface area contributed by atoms with Gasteiger partial charge >= 0.3 is 12.0 Å². The molecule has 1 heterocycles.